The second-order valence-electron chi connectivity index (χ2n) is 9.75. The van der Waals surface area contributed by atoms with Crippen molar-refractivity contribution in [3.05, 3.63) is 54.6 Å². The molecule has 0 spiro atoms. The lowest BCUT2D eigenvalue weighted by Crippen LogP contribution is -2.42. The number of carbonyl (C=O) groups is 1. The Hall–Kier alpha value is -3.40. The molecule has 2 heterocycles. The summed E-state index contributed by atoms with van der Waals surface area (Å²) >= 11 is 1.23. The van der Waals surface area contributed by atoms with E-state index in [-0.39, 0.29) is 18.2 Å². The van der Waals surface area contributed by atoms with Crippen molar-refractivity contribution in [2.75, 3.05) is 11.1 Å². The predicted molar refractivity (Wildman–Crippen MR) is 139 cm³/mol. The fourth-order valence-electron chi connectivity index (χ4n) is 3.99. The van der Waals surface area contributed by atoms with Gasteiger partial charge in [0.15, 0.2) is 0 Å². The Morgan fingerprint density at radius 3 is 2.56 bits per heavy atom. The molecule has 4 N–H and O–H groups in total. The van der Waals surface area contributed by atoms with Gasteiger partial charge in [0.05, 0.1) is 5.69 Å². The maximum atomic E-state index is 14.4. The number of halogens is 1. The third kappa shape index (κ3) is 7.07. The highest BCUT2D eigenvalue weighted by atomic mass is 32.2. The molecular weight excluding hydrogens is 479 g/mol. The van der Waals surface area contributed by atoms with Crippen LogP contribution < -0.4 is 16.4 Å². The van der Waals surface area contributed by atoms with Crippen molar-refractivity contribution in [1.82, 2.24) is 20.3 Å². The van der Waals surface area contributed by atoms with Crippen molar-refractivity contribution in [3.63, 3.8) is 0 Å². The fourth-order valence-corrected chi connectivity index (χ4v) is 4.89. The molecule has 8 nitrogen and oxygen atoms in total. The average molecular weight is 511 g/mol. The average Bonchev–Trinajstić information content (AvgIpc) is 2.81. The lowest BCUT2D eigenvalue weighted by atomic mass is 9.91. The summed E-state index contributed by atoms with van der Waals surface area (Å²) in [5, 5.41) is 7.02. The van der Waals surface area contributed by atoms with Gasteiger partial charge in [-0.2, -0.15) is 0 Å². The molecule has 10 heteroatoms. The van der Waals surface area contributed by atoms with Gasteiger partial charge in [0, 0.05) is 40.6 Å². The maximum absolute atomic E-state index is 14.4. The Balaban J connectivity index is 1.39. The highest BCUT2D eigenvalue weighted by molar-refractivity contribution is 7.99. The topological polar surface area (TPSA) is 115 Å². The zero-order valence-electron chi connectivity index (χ0n) is 20.6. The number of aromatic nitrogens is 3. The first-order chi connectivity index (χ1) is 17.2. The molecule has 3 aromatic rings. The molecule has 1 aliphatic carbocycles. The van der Waals surface area contributed by atoms with E-state index in [1.807, 2.05) is 39.0 Å². The van der Waals surface area contributed by atoms with Crippen molar-refractivity contribution < 1.29 is 13.9 Å². The normalized spacial score (nSPS) is 17.9. The van der Waals surface area contributed by atoms with Gasteiger partial charge in [-0.1, -0.05) is 11.8 Å². The number of nitrogen functional groups attached to an aromatic ring is 1. The van der Waals surface area contributed by atoms with Crippen LogP contribution in [0.25, 0.3) is 11.3 Å². The molecule has 1 aliphatic rings. The number of pyridine rings is 1. The van der Waals surface area contributed by atoms with E-state index in [0.29, 0.717) is 27.3 Å². The number of benzene rings is 1. The fraction of sp³-hybridized carbons (Fsp3) is 0.385. The van der Waals surface area contributed by atoms with E-state index >= 15 is 0 Å². The number of ether oxygens (including phenoxy) is 1. The van der Waals surface area contributed by atoms with Crippen molar-refractivity contribution in [2.24, 2.45) is 0 Å². The summed E-state index contributed by atoms with van der Waals surface area (Å²) in [7, 11) is 0. The molecule has 36 heavy (non-hydrogen) atoms. The van der Waals surface area contributed by atoms with E-state index in [4.69, 9.17) is 15.5 Å². The first kappa shape index (κ1) is 25.7. The van der Waals surface area contributed by atoms with Crippen LogP contribution in [0.3, 0.4) is 0 Å². The van der Waals surface area contributed by atoms with Crippen LogP contribution in [0.4, 0.5) is 20.8 Å². The standard InChI is InChI=1S/C26H31FN6O2S/c1-26(2,3)35-25(34)32-18-9-7-17(8-10-18)31-24-30-14-12-21(33-24)19-5-4-13-29-23(19)36-22-11-6-16(28)15-20(22)27/h4-6,11-15,17-18H,7-10,28H2,1-3H3,(H,32,34)(H,30,31,33). The van der Waals surface area contributed by atoms with Crippen LogP contribution in [-0.2, 0) is 4.74 Å². The van der Waals surface area contributed by atoms with Gasteiger partial charge in [0.25, 0.3) is 0 Å². The minimum atomic E-state index is -0.513. The minimum absolute atomic E-state index is 0.0915. The number of anilines is 2. The number of alkyl carbamates (subject to hydrolysis) is 1. The summed E-state index contributed by atoms with van der Waals surface area (Å²) < 4.78 is 19.7. The Labute approximate surface area is 214 Å². The predicted octanol–water partition coefficient (Wildman–Crippen LogP) is 5.66. The summed E-state index contributed by atoms with van der Waals surface area (Å²) in [6.07, 6.45) is 6.42. The number of amides is 1. The lowest BCUT2D eigenvalue weighted by molar-refractivity contribution is 0.0492. The SMILES string of the molecule is CC(C)(C)OC(=O)NC1CCC(Nc2nccc(-c3cccnc3Sc3ccc(N)cc3F)n2)CC1. The second-order valence-corrected chi connectivity index (χ2v) is 10.8. The lowest BCUT2D eigenvalue weighted by Gasteiger charge is -2.30. The number of carbonyl (C=O) groups excluding carboxylic acids is 1. The summed E-state index contributed by atoms with van der Waals surface area (Å²) in [5.74, 6) is 0.132. The zero-order valence-corrected chi connectivity index (χ0v) is 21.4. The third-order valence-electron chi connectivity index (χ3n) is 5.65. The van der Waals surface area contributed by atoms with Crippen molar-refractivity contribution in [1.29, 1.82) is 0 Å². The Bertz CT molecular complexity index is 1210. The van der Waals surface area contributed by atoms with E-state index in [1.165, 1.54) is 17.8 Å². The first-order valence-corrected chi connectivity index (χ1v) is 12.8. The molecule has 0 saturated heterocycles. The van der Waals surface area contributed by atoms with E-state index in [2.05, 4.69) is 20.6 Å². The van der Waals surface area contributed by atoms with Crippen LogP contribution in [0.5, 0.6) is 0 Å². The molecule has 0 unspecified atom stereocenters. The molecule has 4 rings (SSSR count). The highest BCUT2D eigenvalue weighted by Gasteiger charge is 2.25. The minimum Gasteiger partial charge on any atom is -0.444 e. The summed E-state index contributed by atoms with van der Waals surface area (Å²) in [6, 6.07) is 10.4. The number of hydrogen-bond acceptors (Lipinski definition) is 8. The third-order valence-corrected chi connectivity index (χ3v) is 6.72. The number of hydrogen-bond donors (Lipinski definition) is 3. The Morgan fingerprint density at radius 1 is 1.08 bits per heavy atom. The van der Waals surface area contributed by atoms with Crippen molar-refractivity contribution >= 4 is 29.5 Å². The molecule has 1 aromatic carbocycles. The van der Waals surface area contributed by atoms with Gasteiger partial charge in [-0.05, 0) is 82.9 Å². The zero-order chi connectivity index (χ0) is 25.7. The van der Waals surface area contributed by atoms with Crippen LogP contribution in [0.1, 0.15) is 46.5 Å². The molecule has 0 atom stereocenters. The highest BCUT2D eigenvalue weighted by Crippen LogP contribution is 2.35. The molecule has 190 valence electrons. The Morgan fingerprint density at radius 2 is 1.83 bits per heavy atom. The molecule has 2 aromatic heterocycles. The molecule has 1 amide bonds. The quantitative estimate of drug-likeness (QED) is 0.364. The van der Waals surface area contributed by atoms with E-state index in [1.54, 1.807) is 24.5 Å². The van der Waals surface area contributed by atoms with Crippen molar-refractivity contribution in [3.8, 4) is 11.3 Å². The number of nitrogens with two attached hydrogens (primary N) is 1. The van der Waals surface area contributed by atoms with Gasteiger partial charge in [0.1, 0.15) is 16.4 Å². The maximum Gasteiger partial charge on any atom is 0.407 e. The molecule has 0 radical (unpaired) electrons. The number of nitrogens with zero attached hydrogens (tertiary/aromatic N) is 3. The molecular formula is C26H31FN6O2S. The smallest absolute Gasteiger partial charge is 0.407 e. The van der Waals surface area contributed by atoms with Crippen LogP contribution >= 0.6 is 11.8 Å². The van der Waals surface area contributed by atoms with Gasteiger partial charge in [-0.15, -0.1) is 0 Å². The largest absolute Gasteiger partial charge is 0.444 e. The summed E-state index contributed by atoms with van der Waals surface area (Å²) in [4.78, 5) is 26.0. The number of rotatable bonds is 6. The molecule has 0 aliphatic heterocycles. The van der Waals surface area contributed by atoms with E-state index < -0.39 is 11.4 Å². The van der Waals surface area contributed by atoms with Crippen LogP contribution in [0.15, 0.2) is 58.7 Å². The van der Waals surface area contributed by atoms with Gasteiger partial charge >= 0.3 is 6.09 Å². The van der Waals surface area contributed by atoms with Gasteiger partial charge in [0.2, 0.25) is 5.95 Å². The van der Waals surface area contributed by atoms with Gasteiger partial charge < -0.3 is 21.1 Å². The number of nitrogens with one attached hydrogen (secondary N) is 2. The van der Waals surface area contributed by atoms with Crippen molar-refractivity contribution in [2.45, 2.75) is 74.1 Å². The van der Waals surface area contributed by atoms with E-state index in [9.17, 15) is 9.18 Å². The van der Waals surface area contributed by atoms with Gasteiger partial charge in [-0.25, -0.2) is 24.1 Å². The van der Waals surface area contributed by atoms with Crippen LogP contribution in [0.2, 0.25) is 0 Å². The first-order valence-electron chi connectivity index (χ1n) is 11.9. The molecule has 0 bridgehead atoms. The summed E-state index contributed by atoms with van der Waals surface area (Å²) in [5.41, 5.74) is 7.01. The van der Waals surface area contributed by atoms with Gasteiger partial charge in [-0.3, -0.25) is 0 Å². The van der Waals surface area contributed by atoms with Crippen LogP contribution in [0, 0.1) is 5.82 Å². The second kappa shape index (κ2) is 11.1. The Kier molecular flexibility index (Phi) is 7.93. The van der Waals surface area contributed by atoms with Crippen LogP contribution in [-0.4, -0.2) is 38.7 Å². The monoisotopic (exact) mass is 510 g/mol. The molecule has 1 fully saturated rings. The van der Waals surface area contributed by atoms with E-state index in [0.717, 1.165) is 31.2 Å². The molecule has 1 saturated carbocycles. The summed E-state index contributed by atoms with van der Waals surface area (Å²) in [6.45, 7) is 5.56.